The monoisotopic (exact) mass is 366 g/mol. The number of nitrogens with one attached hydrogen (secondary N) is 2. The summed E-state index contributed by atoms with van der Waals surface area (Å²) in [5.41, 5.74) is 1.21. The van der Waals surface area contributed by atoms with Crippen molar-refractivity contribution in [1.82, 2.24) is 0 Å². The highest BCUT2D eigenvalue weighted by molar-refractivity contribution is 7.92. The lowest BCUT2D eigenvalue weighted by atomic mass is 10.2. The smallest absolute Gasteiger partial charge is 0.261 e. The zero-order valence-electron chi connectivity index (χ0n) is 12.8. The molecule has 0 radical (unpaired) electrons. The van der Waals surface area contributed by atoms with E-state index >= 15 is 0 Å². The van der Waals surface area contributed by atoms with Crippen LogP contribution in [0.25, 0.3) is 0 Å². The molecular formula is C16H18N2O4S2. The predicted octanol–water partition coefficient (Wildman–Crippen LogP) is 2.09. The molecule has 128 valence electrons. The first-order valence-corrected chi connectivity index (χ1v) is 10.8. The second-order valence-corrected chi connectivity index (χ2v) is 9.65. The Bertz CT molecular complexity index is 908. The number of benzene rings is 2. The van der Waals surface area contributed by atoms with Gasteiger partial charge in [-0.25, -0.2) is 16.8 Å². The van der Waals surface area contributed by atoms with Crippen LogP contribution in [-0.4, -0.2) is 34.4 Å². The maximum atomic E-state index is 12.2. The van der Waals surface area contributed by atoms with E-state index < -0.39 is 19.9 Å². The minimum Gasteiger partial charge on any atom is -0.381 e. The van der Waals surface area contributed by atoms with Crippen LogP contribution in [0.15, 0.2) is 59.5 Å². The maximum absolute atomic E-state index is 12.2. The summed E-state index contributed by atoms with van der Waals surface area (Å²) in [4.78, 5) is 0.198. The molecule has 3 rings (SSSR count). The Morgan fingerprint density at radius 2 is 1.54 bits per heavy atom. The third kappa shape index (κ3) is 4.07. The van der Waals surface area contributed by atoms with Crippen molar-refractivity contribution in [3.63, 3.8) is 0 Å². The molecule has 1 fully saturated rings. The van der Waals surface area contributed by atoms with Gasteiger partial charge in [0.15, 0.2) is 9.84 Å². The number of sulfone groups is 1. The van der Waals surface area contributed by atoms with E-state index in [-0.39, 0.29) is 22.4 Å². The molecule has 0 spiro atoms. The Hall–Kier alpha value is -2.06. The van der Waals surface area contributed by atoms with Gasteiger partial charge >= 0.3 is 0 Å². The number of sulfonamides is 1. The first kappa shape index (κ1) is 16.8. The van der Waals surface area contributed by atoms with Crippen LogP contribution in [0.3, 0.4) is 0 Å². The number of hydrogen-bond acceptors (Lipinski definition) is 5. The van der Waals surface area contributed by atoms with Gasteiger partial charge in [-0.15, -0.1) is 0 Å². The Balaban J connectivity index is 1.67. The average Bonchev–Trinajstić information content (AvgIpc) is 2.89. The molecule has 0 aromatic heterocycles. The van der Waals surface area contributed by atoms with E-state index in [2.05, 4.69) is 10.0 Å². The molecule has 2 aromatic rings. The molecule has 1 aliphatic heterocycles. The van der Waals surface area contributed by atoms with Gasteiger partial charge in [-0.2, -0.15) is 0 Å². The third-order valence-electron chi connectivity index (χ3n) is 3.79. The molecule has 6 nitrogen and oxygen atoms in total. The molecule has 2 N–H and O–H groups in total. The van der Waals surface area contributed by atoms with E-state index in [0.717, 1.165) is 5.69 Å². The molecular weight excluding hydrogens is 348 g/mol. The first-order chi connectivity index (χ1) is 11.3. The van der Waals surface area contributed by atoms with E-state index in [1.165, 1.54) is 12.1 Å². The summed E-state index contributed by atoms with van der Waals surface area (Å²) in [5.74, 6) is 0.342. The van der Waals surface area contributed by atoms with E-state index in [9.17, 15) is 16.8 Å². The van der Waals surface area contributed by atoms with Gasteiger partial charge in [0, 0.05) is 17.4 Å². The standard InChI is InChI=1S/C16H18N2O4S2/c19-23(20)11-10-15(12-23)17-13-6-8-14(9-7-13)18-24(21,22)16-4-2-1-3-5-16/h1-9,15,17-18H,10-12H2. The summed E-state index contributed by atoms with van der Waals surface area (Å²) in [6, 6.07) is 14.8. The van der Waals surface area contributed by atoms with E-state index in [1.807, 2.05) is 0 Å². The van der Waals surface area contributed by atoms with Crippen LogP contribution in [-0.2, 0) is 19.9 Å². The number of anilines is 2. The maximum Gasteiger partial charge on any atom is 0.261 e. The lowest BCUT2D eigenvalue weighted by molar-refractivity contribution is 0.599. The molecule has 0 saturated carbocycles. The molecule has 0 aliphatic carbocycles. The average molecular weight is 366 g/mol. The van der Waals surface area contributed by atoms with Crippen LogP contribution in [0, 0.1) is 0 Å². The number of rotatable bonds is 5. The van der Waals surface area contributed by atoms with Crippen molar-refractivity contribution >= 4 is 31.2 Å². The Morgan fingerprint density at radius 1 is 0.917 bits per heavy atom. The predicted molar refractivity (Wildman–Crippen MR) is 94.4 cm³/mol. The minimum absolute atomic E-state index is 0.0955. The molecule has 0 bridgehead atoms. The SMILES string of the molecule is O=S1(=O)CCC(Nc2ccc(NS(=O)(=O)c3ccccc3)cc2)C1. The molecule has 1 atom stereocenters. The second kappa shape index (κ2) is 6.45. The van der Waals surface area contributed by atoms with Crippen LogP contribution >= 0.6 is 0 Å². The quantitative estimate of drug-likeness (QED) is 0.845. The molecule has 1 saturated heterocycles. The van der Waals surface area contributed by atoms with Crippen LogP contribution in [0.4, 0.5) is 11.4 Å². The largest absolute Gasteiger partial charge is 0.381 e. The van der Waals surface area contributed by atoms with Gasteiger partial charge in [0.25, 0.3) is 10.0 Å². The summed E-state index contributed by atoms with van der Waals surface area (Å²) in [7, 11) is -6.55. The fourth-order valence-electron chi connectivity index (χ4n) is 2.59. The molecule has 1 unspecified atom stereocenters. The summed E-state index contributed by atoms with van der Waals surface area (Å²) in [6.07, 6.45) is 0.588. The highest BCUT2D eigenvalue weighted by atomic mass is 32.2. The van der Waals surface area contributed by atoms with Crippen molar-refractivity contribution < 1.29 is 16.8 Å². The fourth-order valence-corrected chi connectivity index (χ4v) is 5.35. The van der Waals surface area contributed by atoms with Crippen LogP contribution in [0.1, 0.15) is 6.42 Å². The van der Waals surface area contributed by atoms with Gasteiger partial charge in [-0.3, -0.25) is 4.72 Å². The van der Waals surface area contributed by atoms with E-state index in [0.29, 0.717) is 12.1 Å². The third-order valence-corrected chi connectivity index (χ3v) is 6.96. The van der Waals surface area contributed by atoms with E-state index in [1.54, 1.807) is 42.5 Å². The lowest BCUT2D eigenvalue weighted by Crippen LogP contribution is -2.20. The van der Waals surface area contributed by atoms with Crippen molar-refractivity contribution in [3.8, 4) is 0 Å². The highest BCUT2D eigenvalue weighted by Crippen LogP contribution is 2.21. The lowest BCUT2D eigenvalue weighted by Gasteiger charge is -2.13. The second-order valence-electron chi connectivity index (χ2n) is 5.74. The van der Waals surface area contributed by atoms with Gasteiger partial charge in [0.05, 0.1) is 16.4 Å². The van der Waals surface area contributed by atoms with Crippen LogP contribution in [0.2, 0.25) is 0 Å². The normalized spacial score (nSPS) is 19.8. The Morgan fingerprint density at radius 3 is 2.12 bits per heavy atom. The summed E-state index contributed by atoms with van der Waals surface area (Å²) < 4.78 is 49.9. The fraction of sp³-hybridized carbons (Fsp3) is 0.250. The summed E-state index contributed by atoms with van der Waals surface area (Å²) >= 11 is 0. The number of hydrogen-bond donors (Lipinski definition) is 2. The molecule has 8 heteroatoms. The summed E-state index contributed by atoms with van der Waals surface area (Å²) in [5, 5.41) is 3.16. The highest BCUT2D eigenvalue weighted by Gasteiger charge is 2.27. The van der Waals surface area contributed by atoms with Crippen molar-refractivity contribution in [1.29, 1.82) is 0 Å². The van der Waals surface area contributed by atoms with E-state index in [4.69, 9.17) is 0 Å². The zero-order chi connectivity index (χ0) is 17.2. The first-order valence-electron chi connectivity index (χ1n) is 7.49. The molecule has 1 aliphatic rings. The van der Waals surface area contributed by atoms with Crippen molar-refractivity contribution in [2.24, 2.45) is 0 Å². The van der Waals surface area contributed by atoms with Crippen LogP contribution in [0.5, 0.6) is 0 Å². The topological polar surface area (TPSA) is 92.3 Å². The molecule has 2 aromatic carbocycles. The molecule has 0 amide bonds. The van der Waals surface area contributed by atoms with Crippen LogP contribution < -0.4 is 10.0 Å². The van der Waals surface area contributed by atoms with Gasteiger partial charge in [0.1, 0.15) is 0 Å². The van der Waals surface area contributed by atoms with Gasteiger partial charge in [-0.05, 0) is 42.8 Å². The van der Waals surface area contributed by atoms with Crippen molar-refractivity contribution in [2.75, 3.05) is 21.5 Å². The summed E-state index contributed by atoms with van der Waals surface area (Å²) in [6.45, 7) is 0. The Labute approximate surface area is 141 Å². The molecule has 24 heavy (non-hydrogen) atoms. The van der Waals surface area contributed by atoms with Crippen molar-refractivity contribution in [3.05, 3.63) is 54.6 Å². The van der Waals surface area contributed by atoms with Gasteiger partial charge in [-0.1, -0.05) is 18.2 Å². The van der Waals surface area contributed by atoms with Crippen molar-refractivity contribution in [2.45, 2.75) is 17.4 Å². The zero-order valence-corrected chi connectivity index (χ0v) is 14.5. The Kier molecular flexibility index (Phi) is 4.51. The minimum atomic E-state index is -3.61. The van der Waals surface area contributed by atoms with Gasteiger partial charge < -0.3 is 5.32 Å². The van der Waals surface area contributed by atoms with Gasteiger partial charge in [0.2, 0.25) is 0 Å². The molecule has 1 heterocycles.